The van der Waals surface area contributed by atoms with Crippen molar-refractivity contribution in [1.29, 1.82) is 0 Å². The molecule has 2 N–H and O–H groups in total. The van der Waals surface area contributed by atoms with E-state index in [1.165, 1.54) is 0 Å². The van der Waals surface area contributed by atoms with Crippen molar-refractivity contribution in [3.8, 4) is 0 Å². The van der Waals surface area contributed by atoms with E-state index < -0.39 is 0 Å². The zero-order chi connectivity index (χ0) is 14.4. The lowest BCUT2D eigenvalue weighted by Crippen LogP contribution is -2.28. The molecule has 0 heterocycles. The molecule has 0 saturated heterocycles. The van der Waals surface area contributed by atoms with E-state index in [0.717, 1.165) is 30.8 Å². The van der Waals surface area contributed by atoms with Gasteiger partial charge in [-0.3, -0.25) is 0 Å². The van der Waals surface area contributed by atoms with Crippen LogP contribution in [-0.4, -0.2) is 37.1 Å². The Hall–Kier alpha value is -1.55. The highest BCUT2D eigenvalue weighted by atomic mass is 16.5. The zero-order valence-corrected chi connectivity index (χ0v) is 12.3. The second kappa shape index (κ2) is 7.14. The molecule has 4 nitrogen and oxygen atoms in total. The third-order valence-corrected chi connectivity index (χ3v) is 3.37. The van der Waals surface area contributed by atoms with Crippen LogP contribution in [0.4, 0.5) is 5.69 Å². The Morgan fingerprint density at radius 2 is 1.84 bits per heavy atom. The van der Waals surface area contributed by atoms with E-state index in [0.29, 0.717) is 17.9 Å². The van der Waals surface area contributed by atoms with Crippen LogP contribution in [0.1, 0.15) is 35.3 Å². The fraction of sp³-hybridized carbons (Fsp3) is 0.533. The molecule has 0 aliphatic rings. The molecular formula is C15H24N2O2. The monoisotopic (exact) mass is 264 g/mol. The first kappa shape index (κ1) is 15.5. The van der Waals surface area contributed by atoms with E-state index in [9.17, 15) is 4.79 Å². The van der Waals surface area contributed by atoms with Crippen molar-refractivity contribution in [3.05, 3.63) is 28.8 Å². The number of rotatable bonds is 6. The molecule has 0 aliphatic carbocycles. The second-order valence-corrected chi connectivity index (χ2v) is 4.69. The summed E-state index contributed by atoms with van der Waals surface area (Å²) in [6.45, 7) is 11.1. The summed E-state index contributed by atoms with van der Waals surface area (Å²) in [5.74, 6) is -0.295. The van der Waals surface area contributed by atoms with E-state index in [1.54, 1.807) is 6.07 Å². The van der Waals surface area contributed by atoms with Crippen molar-refractivity contribution in [1.82, 2.24) is 4.90 Å². The number of nitrogens with two attached hydrogens (primary N) is 1. The minimum Gasteiger partial charge on any atom is -0.461 e. The maximum Gasteiger partial charge on any atom is 0.338 e. The molecule has 0 spiro atoms. The average Bonchev–Trinajstić information content (AvgIpc) is 2.38. The number of nitrogens with zero attached hydrogens (tertiary/aromatic N) is 1. The number of benzene rings is 1. The normalized spacial score (nSPS) is 10.8. The number of nitrogen functional groups attached to an aromatic ring is 1. The van der Waals surface area contributed by atoms with Gasteiger partial charge in [0.1, 0.15) is 6.61 Å². The first-order valence-corrected chi connectivity index (χ1v) is 6.75. The first-order chi connectivity index (χ1) is 8.99. The quantitative estimate of drug-likeness (QED) is 0.633. The molecule has 0 amide bonds. The van der Waals surface area contributed by atoms with E-state index in [2.05, 4.69) is 18.7 Å². The average molecular weight is 264 g/mol. The molecule has 0 unspecified atom stereocenters. The van der Waals surface area contributed by atoms with Crippen LogP contribution in [0.15, 0.2) is 12.1 Å². The summed E-state index contributed by atoms with van der Waals surface area (Å²) >= 11 is 0. The molecule has 106 valence electrons. The fourth-order valence-electron chi connectivity index (χ4n) is 1.97. The predicted molar refractivity (Wildman–Crippen MR) is 78.4 cm³/mol. The van der Waals surface area contributed by atoms with Crippen molar-refractivity contribution in [2.24, 2.45) is 0 Å². The number of hydrogen-bond donors (Lipinski definition) is 1. The van der Waals surface area contributed by atoms with Gasteiger partial charge in [-0.05, 0) is 44.1 Å². The molecule has 0 saturated carbocycles. The highest BCUT2D eigenvalue weighted by Crippen LogP contribution is 2.18. The van der Waals surface area contributed by atoms with Gasteiger partial charge >= 0.3 is 5.97 Å². The van der Waals surface area contributed by atoms with Gasteiger partial charge in [-0.15, -0.1) is 0 Å². The van der Waals surface area contributed by atoms with Crippen LogP contribution < -0.4 is 5.73 Å². The molecule has 0 aliphatic heterocycles. The summed E-state index contributed by atoms with van der Waals surface area (Å²) in [6.07, 6.45) is 0. The number of ether oxygens (including phenoxy) is 1. The lowest BCUT2D eigenvalue weighted by molar-refractivity contribution is 0.0465. The van der Waals surface area contributed by atoms with Gasteiger partial charge in [0.25, 0.3) is 0 Å². The lowest BCUT2D eigenvalue weighted by Gasteiger charge is -2.17. The number of aryl methyl sites for hydroxylation is 2. The number of carbonyl (C=O) groups is 1. The SMILES string of the molecule is CCN(CC)CCOC(=O)c1cc(N)c(C)cc1C. The fourth-order valence-corrected chi connectivity index (χ4v) is 1.97. The molecular weight excluding hydrogens is 240 g/mol. The molecule has 4 heteroatoms. The molecule has 0 bridgehead atoms. The topological polar surface area (TPSA) is 55.6 Å². The number of likely N-dealkylation sites (N-methyl/N-ethyl adjacent to an activating group) is 1. The number of esters is 1. The van der Waals surface area contributed by atoms with E-state index in [-0.39, 0.29) is 5.97 Å². The van der Waals surface area contributed by atoms with Gasteiger partial charge in [0.15, 0.2) is 0 Å². The maximum atomic E-state index is 12.0. The van der Waals surface area contributed by atoms with Crippen LogP contribution in [0, 0.1) is 13.8 Å². The lowest BCUT2D eigenvalue weighted by atomic mass is 10.0. The van der Waals surface area contributed by atoms with Crippen LogP contribution in [0.2, 0.25) is 0 Å². The Labute approximate surface area is 115 Å². The number of carbonyl (C=O) groups excluding carboxylic acids is 1. The minimum absolute atomic E-state index is 0.295. The van der Waals surface area contributed by atoms with Gasteiger partial charge in [-0.25, -0.2) is 4.79 Å². The molecule has 1 rings (SSSR count). The van der Waals surface area contributed by atoms with Gasteiger partial charge in [-0.1, -0.05) is 19.9 Å². The van der Waals surface area contributed by atoms with Crippen molar-refractivity contribution >= 4 is 11.7 Å². The summed E-state index contributed by atoms with van der Waals surface area (Å²) in [6, 6.07) is 3.61. The van der Waals surface area contributed by atoms with Crippen LogP contribution in [0.5, 0.6) is 0 Å². The summed E-state index contributed by atoms with van der Waals surface area (Å²) in [5.41, 5.74) is 8.90. The van der Waals surface area contributed by atoms with Gasteiger partial charge in [0, 0.05) is 12.2 Å². The Bertz CT molecular complexity index is 440. The summed E-state index contributed by atoms with van der Waals surface area (Å²) in [7, 11) is 0. The molecule has 0 aromatic heterocycles. The summed E-state index contributed by atoms with van der Waals surface area (Å²) < 4.78 is 5.30. The molecule has 0 fully saturated rings. The molecule has 19 heavy (non-hydrogen) atoms. The van der Waals surface area contributed by atoms with Crippen molar-refractivity contribution in [3.63, 3.8) is 0 Å². The Balaban J connectivity index is 2.61. The highest BCUT2D eigenvalue weighted by molar-refractivity contribution is 5.92. The van der Waals surface area contributed by atoms with Crippen LogP contribution >= 0.6 is 0 Å². The molecule has 0 radical (unpaired) electrons. The van der Waals surface area contributed by atoms with Gasteiger partial charge in [0.2, 0.25) is 0 Å². The molecule has 0 atom stereocenters. The summed E-state index contributed by atoms with van der Waals surface area (Å²) in [4.78, 5) is 14.2. The number of hydrogen-bond acceptors (Lipinski definition) is 4. The first-order valence-electron chi connectivity index (χ1n) is 6.75. The maximum absolute atomic E-state index is 12.0. The van der Waals surface area contributed by atoms with E-state index in [4.69, 9.17) is 10.5 Å². The largest absolute Gasteiger partial charge is 0.461 e. The number of anilines is 1. The van der Waals surface area contributed by atoms with E-state index >= 15 is 0 Å². The third-order valence-electron chi connectivity index (χ3n) is 3.37. The van der Waals surface area contributed by atoms with Crippen LogP contribution in [-0.2, 0) is 4.74 Å². The van der Waals surface area contributed by atoms with Gasteiger partial charge in [-0.2, -0.15) is 0 Å². The molecule has 1 aromatic carbocycles. The van der Waals surface area contributed by atoms with Crippen LogP contribution in [0.3, 0.4) is 0 Å². The van der Waals surface area contributed by atoms with Crippen molar-refractivity contribution in [2.75, 3.05) is 32.0 Å². The predicted octanol–water partition coefficient (Wildman–Crippen LogP) is 2.38. The minimum atomic E-state index is -0.295. The van der Waals surface area contributed by atoms with Gasteiger partial charge in [0.05, 0.1) is 5.56 Å². The summed E-state index contributed by atoms with van der Waals surface area (Å²) in [5, 5.41) is 0. The Morgan fingerprint density at radius 3 is 2.42 bits per heavy atom. The Kier molecular flexibility index (Phi) is 5.83. The zero-order valence-electron chi connectivity index (χ0n) is 12.3. The Morgan fingerprint density at radius 1 is 1.21 bits per heavy atom. The van der Waals surface area contributed by atoms with Gasteiger partial charge < -0.3 is 15.4 Å². The smallest absolute Gasteiger partial charge is 0.338 e. The standard InChI is InChI=1S/C15H24N2O2/c1-5-17(6-2)7-8-19-15(18)13-10-14(16)12(4)9-11(13)3/h9-10H,5-8,16H2,1-4H3. The van der Waals surface area contributed by atoms with Crippen molar-refractivity contribution < 1.29 is 9.53 Å². The van der Waals surface area contributed by atoms with Crippen molar-refractivity contribution in [2.45, 2.75) is 27.7 Å². The van der Waals surface area contributed by atoms with E-state index in [1.807, 2.05) is 19.9 Å². The highest BCUT2D eigenvalue weighted by Gasteiger charge is 2.12. The molecule has 1 aromatic rings. The third kappa shape index (κ3) is 4.24. The van der Waals surface area contributed by atoms with Crippen LogP contribution in [0.25, 0.3) is 0 Å². The second-order valence-electron chi connectivity index (χ2n) is 4.69.